The number of carbonyl (C=O) groups is 3. The predicted octanol–water partition coefficient (Wildman–Crippen LogP) is 2.63. The summed E-state index contributed by atoms with van der Waals surface area (Å²) < 4.78 is 25.2. The molecule has 0 aliphatic carbocycles. The first-order valence-corrected chi connectivity index (χ1v) is 10.5. The number of rotatable bonds is 4. The standard InChI is InChI=1S/C23H23FN4O6/c1-23(2,3)34-22(31)26-10-13(11-26)19(29)17-12-27(20-15(17)7-8-25-28(20)32)18-6-5-14(24)9-16(18)21(30)33-4/h5-9,12-13H,10-11H2,1-4H3. The van der Waals surface area contributed by atoms with Gasteiger partial charge in [-0.05, 0) is 45.0 Å². The van der Waals surface area contributed by atoms with Gasteiger partial charge in [-0.3, -0.25) is 4.79 Å². The number of ketones is 1. The first kappa shape index (κ1) is 23.1. The molecule has 1 fully saturated rings. The van der Waals surface area contributed by atoms with Crippen LogP contribution in [0.4, 0.5) is 9.18 Å². The highest BCUT2D eigenvalue weighted by molar-refractivity contribution is 6.09. The number of benzene rings is 1. The smallest absolute Gasteiger partial charge is 0.410 e. The molecule has 0 atom stereocenters. The summed E-state index contributed by atoms with van der Waals surface area (Å²) >= 11 is 0. The molecule has 1 aliphatic heterocycles. The van der Waals surface area contributed by atoms with E-state index in [0.29, 0.717) is 10.2 Å². The first-order valence-electron chi connectivity index (χ1n) is 10.5. The Kier molecular flexibility index (Phi) is 5.72. The second-order valence-electron chi connectivity index (χ2n) is 8.95. The number of ether oxygens (including phenoxy) is 2. The first-order chi connectivity index (χ1) is 16.0. The third kappa shape index (κ3) is 4.16. The lowest BCUT2D eigenvalue weighted by Gasteiger charge is -2.38. The van der Waals surface area contributed by atoms with Crippen molar-refractivity contribution in [2.75, 3.05) is 20.2 Å². The lowest BCUT2D eigenvalue weighted by atomic mass is 9.91. The van der Waals surface area contributed by atoms with E-state index in [0.717, 1.165) is 19.2 Å². The van der Waals surface area contributed by atoms with Crippen LogP contribution in [0.3, 0.4) is 0 Å². The number of amides is 1. The van der Waals surface area contributed by atoms with Gasteiger partial charge in [-0.1, -0.05) is 5.10 Å². The number of fused-ring (bicyclic) bond motifs is 1. The number of likely N-dealkylation sites (tertiary alicyclic amines) is 1. The second-order valence-corrected chi connectivity index (χ2v) is 8.95. The molecule has 1 saturated heterocycles. The summed E-state index contributed by atoms with van der Waals surface area (Å²) in [5.41, 5.74) is -0.413. The van der Waals surface area contributed by atoms with Crippen molar-refractivity contribution in [1.82, 2.24) is 14.6 Å². The highest BCUT2D eigenvalue weighted by Crippen LogP contribution is 2.30. The summed E-state index contributed by atoms with van der Waals surface area (Å²) in [6.07, 6.45) is 2.17. The zero-order valence-corrected chi connectivity index (χ0v) is 19.1. The molecule has 1 aliphatic rings. The topological polar surface area (TPSA) is 118 Å². The maximum absolute atomic E-state index is 13.9. The van der Waals surface area contributed by atoms with Crippen LogP contribution in [0.1, 0.15) is 41.5 Å². The van der Waals surface area contributed by atoms with E-state index in [1.807, 2.05) is 0 Å². The maximum Gasteiger partial charge on any atom is 0.410 e. The number of methoxy groups -OCH3 is 1. The summed E-state index contributed by atoms with van der Waals surface area (Å²) in [4.78, 5) is 39.5. The van der Waals surface area contributed by atoms with Crippen LogP contribution in [-0.2, 0) is 9.47 Å². The highest BCUT2D eigenvalue weighted by atomic mass is 19.1. The van der Waals surface area contributed by atoms with Gasteiger partial charge in [0.05, 0.1) is 30.2 Å². The summed E-state index contributed by atoms with van der Waals surface area (Å²) in [7, 11) is 1.15. The number of nitrogens with zero attached hydrogens (tertiary/aromatic N) is 4. The molecule has 0 unspecified atom stereocenters. The van der Waals surface area contributed by atoms with Crippen molar-refractivity contribution in [2.45, 2.75) is 26.4 Å². The molecule has 3 aromatic rings. The third-order valence-electron chi connectivity index (χ3n) is 5.40. The Morgan fingerprint density at radius 2 is 1.88 bits per heavy atom. The highest BCUT2D eigenvalue weighted by Gasteiger charge is 2.40. The average molecular weight is 470 g/mol. The zero-order chi connectivity index (χ0) is 24.8. The van der Waals surface area contributed by atoms with E-state index < -0.39 is 29.4 Å². The van der Waals surface area contributed by atoms with Crippen LogP contribution in [0.5, 0.6) is 0 Å². The number of esters is 1. The van der Waals surface area contributed by atoms with Crippen LogP contribution in [0.15, 0.2) is 36.7 Å². The summed E-state index contributed by atoms with van der Waals surface area (Å²) in [5, 5.41) is 16.6. The molecule has 3 heterocycles. The van der Waals surface area contributed by atoms with Crippen molar-refractivity contribution in [3.8, 4) is 5.69 Å². The van der Waals surface area contributed by atoms with E-state index in [2.05, 4.69) is 5.10 Å². The van der Waals surface area contributed by atoms with Crippen LogP contribution in [-0.4, -0.2) is 58.2 Å². The van der Waals surface area contributed by atoms with Crippen LogP contribution >= 0.6 is 0 Å². The van der Waals surface area contributed by atoms with Gasteiger partial charge in [-0.25, -0.2) is 14.0 Å². The molecule has 0 saturated carbocycles. The fraction of sp³-hybridized carbons (Fsp3) is 0.348. The van der Waals surface area contributed by atoms with Crippen molar-refractivity contribution in [3.63, 3.8) is 0 Å². The minimum Gasteiger partial charge on any atom is -0.691 e. The van der Waals surface area contributed by atoms with E-state index in [4.69, 9.17) is 9.47 Å². The number of carbonyl (C=O) groups excluding carboxylic acids is 3. The second kappa shape index (κ2) is 8.40. The Bertz CT molecular complexity index is 1310. The molecule has 4 rings (SSSR count). The third-order valence-corrected chi connectivity index (χ3v) is 5.40. The molecule has 1 aromatic carbocycles. The molecular formula is C23H23FN4O6. The quantitative estimate of drug-likeness (QED) is 0.249. The van der Waals surface area contributed by atoms with Gasteiger partial charge < -0.3 is 19.6 Å². The van der Waals surface area contributed by atoms with E-state index in [1.54, 1.807) is 20.8 Å². The van der Waals surface area contributed by atoms with Gasteiger partial charge >= 0.3 is 17.7 Å². The molecule has 11 heteroatoms. The monoisotopic (exact) mass is 470 g/mol. The number of hydrogen-bond acceptors (Lipinski definition) is 7. The van der Waals surface area contributed by atoms with E-state index in [-0.39, 0.29) is 41.3 Å². The van der Waals surface area contributed by atoms with Crippen molar-refractivity contribution in [3.05, 3.63) is 58.8 Å². The maximum atomic E-state index is 13.9. The summed E-state index contributed by atoms with van der Waals surface area (Å²) in [6.45, 7) is 5.62. The van der Waals surface area contributed by atoms with Gasteiger partial charge in [0.1, 0.15) is 28.9 Å². The van der Waals surface area contributed by atoms with Crippen LogP contribution < -0.4 is 4.85 Å². The lowest BCUT2D eigenvalue weighted by Crippen LogP contribution is -2.54. The molecule has 10 nitrogen and oxygen atoms in total. The SMILES string of the molecule is COC(=O)c1cc(F)ccc1-n1cc(C(=O)C2CN(C(=O)OC(C)(C)C)C2)c2ccn[n+]([O-])c21. The van der Waals surface area contributed by atoms with Gasteiger partial charge in [0.25, 0.3) is 0 Å². The van der Waals surface area contributed by atoms with Crippen molar-refractivity contribution >= 4 is 28.9 Å². The van der Waals surface area contributed by atoms with Crippen LogP contribution in [0.2, 0.25) is 0 Å². The van der Waals surface area contributed by atoms with Crippen LogP contribution in [0, 0.1) is 16.9 Å². The molecule has 1 amide bonds. The molecule has 0 N–H and O–H groups in total. The van der Waals surface area contributed by atoms with Gasteiger partial charge in [-0.15, -0.1) is 4.85 Å². The summed E-state index contributed by atoms with van der Waals surface area (Å²) in [5.74, 6) is -2.25. The lowest BCUT2D eigenvalue weighted by molar-refractivity contribution is -0.645. The molecule has 0 radical (unpaired) electrons. The Labute approximate surface area is 194 Å². The van der Waals surface area contributed by atoms with Crippen LogP contribution in [0.25, 0.3) is 16.7 Å². The molecule has 2 aromatic heterocycles. The van der Waals surface area contributed by atoms with Crippen molar-refractivity contribution in [1.29, 1.82) is 0 Å². The van der Waals surface area contributed by atoms with Crippen molar-refractivity contribution < 1.29 is 33.1 Å². The van der Waals surface area contributed by atoms with Gasteiger partial charge in [0, 0.05) is 13.1 Å². The molecular weight excluding hydrogens is 447 g/mol. The molecule has 34 heavy (non-hydrogen) atoms. The van der Waals surface area contributed by atoms with Crippen molar-refractivity contribution in [2.24, 2.45) is 5.92 Å². The minimum atomic E-state index is -0.808. The Morgan fingerprint density at radius 3 is 2.53 bits per heavy atom. The number of aromatic nitrogens is 3. The van der Waals surface area contributed by atoms with Gasteiger partial charge in [-0.2, -0.15) is 4.57 Å². The largest absolute Gasteiger partial charge is 0.691 e. The molecule has 178 valence electrons. The van der Waals surface area contributed by atoms with E-state index in [9.17, 15) is 24.0 Å². The van der Waals surface area contributed by atoms with E-state index in [1.165, 1.54) is 34.0 Å². The normalized spacial score (nSPS) is 14.1. The minimum absolute atomic E-state index is 0.00840. The fourth-order valence-electron chi connectivity index (χ4n) is 3.80. The summed E-state index contributed by atoms with van der Waals surface area (Å²) in [6, 6.07) is 4.95. The average Bonchev–Trinajstić information content (AvgIpc) is 3.11. The zero-order valence-electron chi connectivity index (χ0n) is 19.1. The number of Topliss-reactive ketones (excluding diaryl/α,β-unsaturated/α-hetero) is 1. The molecule has 0 spiro atoms. The Morgan fingerprint density at radius 1 is 1.18 bits per heavy atom. The molecule has 0 bridgehead atoms. The Balaban J connectivity index is 1.71. The fourth-order valence-corrected chi connectivity index (χ4v) is 3.80. The van der Waals surface area contributed by atoms with E-state index >= 15 is 0 Å². The number of hydrogen-bond donors (Lipinski definition) is 0. The van der Waals surface area contributed by atoms with Gasteiger partial charge in [0.2, 0.25) is 0 Å². The van der Waals surface area contributed by atoms with Gasteiger partial charge in [0.15, 0.2) is 5.78 Å². The predicted molar refractivity (Wildman–Crippen MR) is 117 cm³/mol. The number of halogens is 1. The Hall–Kier alpha value is -4.02.